The number of nitrogens with one attached hydrogen (secondary N) is 1. The number of carbonyl (C=O) groups excluding carboxylic acids is 2. The summed E-state index contributed by atoms with van der Waals surface area (Å²) in [6.07, 6.45) is 2.60. The van der Waals surface area contributed by atoms with E-state index >= 15 is 0 Å². The van der Waals surface area contributed by atoms with Crippen LogP contribution in [0.5, 0.6) is 0 Å². The molecule has 1 fully saturated rings. The van der Waals surface area contributed by atoms with Crippen molar-refractivity contribution in [1.29, 1.82) is 0 Å². The molecular weight excluding hydrogens is 286 g/mol. The number of hydrogen-bond donors (Lipinski definition) is 2. The van der Waals surface area contributed by atoms with E-state index in [9.17, 15) is 9.59 Å². The third-order valence-electron chi connectivity index (χ3n) is 3.30. The van der Waals surface area contributed by atoms with Crippen LogP contribution in [-0.2, 0) is 14.3 Å². The molecule has 0 saturated carbocycles. The number of rotatable bonds is 6. The molecule has 22 heavy (non-hydrogen) atoms. The maximum absolute atomic E-state index is 12.1. The van der Waals surface area contributed by atoms with Crippen molar-refractivity contribution in [2.75, 3.05) is 32.8 Å². The molecule has 1 rings (SSSR count). The van der Waals surface area contributed by atoms with Gasteiger partial charge in [-0.2, -0.15) is 0 Å². The third-order valence-corrected chi connectivity index (χ3v) is 3.30. The maximum atomic E-state index is 12.1. The first-order valence-electron chi connectivity index (χ1n) is 7.85. The molecule has 2 amide bonds. The molecule has 1 aliphatic heterocycles. The predicted octanol–water partition coefficient (Wildman–Crippen LogP) is 0.868. The average molecular weight is 315 g/mol. The highest BCUT2D eigenvalue weighted by molar-refractivity contribution is 5.74. The molecule has 0 aromatic rings. The summed E-state index contributed by atoms with van der Waals surface area (Å²) in [6, 6.07) is 0.351. The summed E-state index contributed by atoms with van der Waals surface area (Å²) in [4.78, 5) is 24.4. The van der Waals surface area contributed by atoms with Crippen LogP contribution in [0.3, 0.4) is 0 Å². The maximum Gasteiger partial charge on any atom is 0.410 e. The van der Waals surface area contributed by atoms with Crippen molar-refractivity contribution in [3.8, 4) is 0 Å². The molecule has 1 atom stereocenters. The lowest BCUT2D eigenvalue weighted by atomic mass is 10.1. The minimum absolute atomic E-state index is 0.0429. The number of carbonyl (C=O) groups is 2. The normalized spacial score (nSPS) is 19.6. The summed E-state index contributed by atoms with van der Waals surface area (Å²) in [6.45, 7) is 8.12. The lowest BCUT2D eigenvalue weighted by Gasteiger charge is -2.26. The Balaban J connectivity index is 2.24. The highest BCUT2D eigenvalue weighted by atomic mass is 16.6. The Morgan fingerprint density at radius 2 is 2.00 bits per heavy atom. The van der Waals surface area contributed by atoms with Crippen LogP contribution in [-0.4, -0.2) is 61.4 Å². The average Bonchev–Trinajstić information content (AvgIpc) is 2.61. The van der Waals surface area contributed by atoms with Gasteiger partial charge in [0.2, 0.25) is 5.91 Å². The third kappa shape index (κ3) is 8.19. The fourth-order valence-corrected chi connectivity index (χ4v) is 2.32. The summed E-state index contributed by atoms with van der Waals surface area (Å²) in [5, 5.41) is 3.39. The SMILES string of the molecule is CC(C)(C)OC(=O)N1CCCC(NCCOCC(N)=O)CC1. The topological polar surface area (TPSA) is 93.9 Å². The van der Waals surface area contributed by atoms with Crippen LogP contribution < -0.4 is 11.1 Å². The molecule has 128 valence electrons. The number of nitrogens with zero attached hydrogens (tertiary/aromatic N) is 1. The molecule has 0 bridgehead atoms. The van der Waals surface area contributed by atoms with Crippen LogP contribution in [0, 0.1) is 0 Å². The lowest BCUT2D eigenvalue weighted by molar-refractivity contribution is -0.122. The first-order valence-corrected chi connectivity index (χ1v) is 7.85. The van der Waals surface area contributed by atoms with Crippen molar-refractivity contribution in [3.63, 3.8) is 0 Å². The van der Waals surface area contributed by atoms with E-state index in [-0.39, 0.29) is 12.7 Å². The van der Waals surface area contributed by atoms with Gasteiger partial charge in [-0.25, -0.2) is 4.79 Å². The molecule has 0 radical (unpaired) electrons. The molecule has 0 spiro atoms. The van der Waals surface area contributed by atoms with Crippen LogP contribution in [0.2, 0.25) is 0 Å². The van der Waals surface area contributed by atoms with E-state index in [1.54, 1.807) is 4.90 Å². The Morgan fingerprint density at radius 1 is 1.27 bits per heavy atom. The number of hydrogen-bond acceptors (Lipinski definition) is 5. The zero-order chi connectivity index (χ0) is 16.6. The zero-order valence-corrected chi connectivity index (χ0v) is 13.9. The largest absolute Gasteiger partial charge is 0.444 e. The Kier molecular flexibility index (Phi) is 7.61. The quantitative estimate of drug-likeness (QED) is 0.709. The molecule has 3 N–H and O–H groups in total. The van der Waals surface area contributed by atoms with E-state index in [2.05, 4.69) is 5.32 Å². The fourth-order valence-electron chi connectivity index (χ4n) is 2.32. The second-order valence-electron chi connectivity index (χ2n) is 6.57. The number of amides is 2. The minimum Gasteiger partial charge on any atom is -0.444 e. The Bertz CT molecular complexity index is 368. The molecular formula is C15H29N3O4. The van der Waals surface area contributed by atoms with Crippen molar-refractivity contribution in [3.05, 3.63) is 0 Å². The Hall–Kier alpha value is -1.34. The van der Waals surface area contributed by atoms with Crippen molar-refractivity contribution >= 4 is 12.0 Å². The molecule has 1 unspecified atom stereocenters. The molecule has 0 aliphatic carbocycles. The standard InChI is InChI=1S/C15H29N3O4/c1-15(2,3)22-14(20)18-8-4-5-12(6-9-18)17-7-10-21-11-13(16)19/h12,17H,4-11H2,1-3H3,(H2,16,19). The molecule has 1 aliphatic rings. The van der Waals surface area contributed by atoms with Crippen LogP contribution in [0.25, 0.3) is 0 Å². The van der Waals surface area contributed by atoms with Gasteiger partial charge in [-0.1, -0.05) is 0 Å². The van der Waals surface area contributed by atoms with Crippen LogP contribution in [0.15, 0.2) is 0 Å². The van der Waals surface area contributed by atoms with E-state index in [1.165, 1.54) is 0 Å². The van der Waals surface area contributed by atoms with E-state index in [1.807, 2.05) is 20.8 Å². The fraction of sp³-hybridized carbons (Fsp3) is 0.867. The van der Waals surface area contributed by atoms with Gasteiger partial charge in [0.1, 0.15) is 12.2 Å². The van der Waals surface area contributed by atoms with E-state index in [0.717, 1.165) is 25.8 Å². The Morgan fingerprint density at radius 3 is 2.64 bits per heavy atom. The van der Waals surface area contributed by atoms with Gasteiger partial charge in [0.25, 0.3) is 0 Å². The molecule has 7 nitrogen and oxygen atoms in total. The summed E-state index contributed by atoms with van der Waals surface area (Å²) in [5.41, 5.74) is 4.53. The van der Waals surface area contributed by atoms with E-state index < -0.39 is 11.5 Å². The van der Waals surface area contributed by atoms with Gasteiger partial charge in [-0.05, 0) is 40.0 Å². The summed E-state index contributed by atoms with van der Waals surface area (Å²) in [5.74, 6) is -0.456. The molecule has 1 heterocycles. The van der Waals surface area contributed by atoms with Gasteiger partial charge in [-0.3, -0.25) is 4.79 Å². The number of likely N-dealkylation sites (tertiary alicyclic amines) is 1. The number of nitrogens with two attached hydrogens (primary N) is 1. The van der Waals surface area contributed by atoms with Gasteiger partial charge in [0, 0.05) is 25.7 Å². The Labute approximate surface area is 132 Å². The highest BCUT2D eigenvalue weighted by Crippen LogP contribution is 2.15. The van der Waals surface area contributed by atoms with Crippen molar-refractivity contribution < 1.29 is 19.1 Å². The second kappa shape index (κ2) is 8.95. The van der Waals surface area contributed by atoms with Gasteiger partial charge in [-0.15, -0.1) is 0 Å². The molecule has 0 aromatic carbocycles. The summed E-state index contributed by atoms with van der Waals surface area (Å²) < 4.78 is 10.5. The molecule has 7 heteroatoms. The van der Waals surface area contributed by atoms with Gasteiger partial charge >= 0.3 is 6.09 Å². The summed E-state index contributed by atoms with van der Waals surface area (Å²) in [7, 11) is 0. The van der Waals surface area contributed by atoms with Crippen LogP contribution in [0.4, 0.5) is 4.79 Å². The first kappa shape index (κ1) is 18.7. The van der Waals surface area contributed by atoms with Gasteiger partial charge < -0.3 is 25.4 Å². The van der Waals surface area contributed by atoms with Gasteiger partial charge in [0.05, 0.1) is 6.61 Å². The summed E-state index contributed by atoms with van der Waals surface area (Å²) >= 11 is 0. The van der Waals surface area contributed by atoms with Crippen molar-refractivity contribution in [2.24, 2.45) is 5.73 Å². The zero-order valence-electron chi connectivity index (χ0n) is 13.9. The molecule has 1 saturated heterocycles. The minimum atomic E-state index is -0.460. The van der Waals surface area contributed by atoms with Gasteiger partial charge in [0.15, 0.2) is 0 Å². The number of ether oxygens (including phenoxy) is 2. The number of primary amides is 1. The lowest BCUT2D eigenvalue weighted by Crippen LogP contribution is -2.38. The van der Waals surface area contributed by atoms with Crippen LogP contribution >= 0.6 is 0 Å². The smallest absolute Gasteiger partial charge is 0.410 e. The van der Waals surface area contributed by atoms with Crippen LogP contribution in [0.1, 0.15) is 40.0 Å². The van der Waals surface area contributed by atoms with E-state index in [4.69, 9.17) is 15.2 Å². The highest BCUT2D eigenvalue weighted by Gasteiger charge is 2.24. The first-order chi connectivity index (χ1) is 10.3. The van der Waals surface area contributed by atoms with E-state index in [0.29, 0.717) is 25.7 Å². The monoisotopic (exact) mass is 315 g/mol. The predicted molar refractivity (Wildman–Crippen MR) is 83.5 cm³/mol. The van der Waals surface area contributed by atoms with Crippen molar-refractivity contribution in [1.82, 2.24) is 10.2 Å². The van der Waals surface area contributed by atoms with Crippen molar-refractivity contribution in [2.45, 2.75) is 51.7 Å². The second-order valence-corrected chi connectivity index (χ2v) is 6.57. The molecule has 0 aromatic heterocycles.